The molecule has 0 N–H and O–H groups in total. The fraction of sp³-hybridized carbons (Fsp3) is 0.0769. The first-order valence-electron chi connectivity index (χ1n) is 5.27. The third-order valence-corrected chi connectivity index (χ3v) is 3.99. The molecule has 2 aromatic carbocycles. The van der Waals surface area contributed by atoms with Crippen molar-refractivity contribution in [1.82, 2.24) is 0 Å². The van der Waals surface area contributed by atoms with Crippen molar-refractivity contribution in [2.75, 3.05) is 0 Å². The van der Waals surface area contributed by atoms with Gasteiger partial charge < -0.3 is 0 Å². The zero-order valence-corrected chi connectivity index (χ0v) is 11.8. The van der Waals surface area contributed by atoms with Crippen molar-refractivity contribution in [3.8, 4) is 0 Å². The van der Waals surface area contributed by atoms with Crippen LogP contribution in [0.3, 0.4) is 0 Å². The second-order valence-electron chi connectivity index (χ2n) is 3.63. The van der Waals surface area contributed by atoms with Gasteiger partial charge in [0.15, 0.2) is 0 Å². The van der Waals surface area contributed by atoms with Gasteiger partial charge >= 0.3 is 0 Å². The summed E-state index contributed by atoms with van der Waals surface area (Å²) in [6, 6.07) is 14.7. The van der Waals surface area contributed by atoms with Crippen LogP contribution in [-0.4, -0.2) is 4.92 Å². The molecule has 0 spiro atoms. The number of hydrogen-bond acceptors (Lipinski definition) is 3. The van der Waals surface area contributed by atoms with Gasteiger partial charge in [-0.3, -0.25) is 10.1 Å². The molecule has 0 heterocycles. The van der Waals surface area contributed by atoms with Gasteiger partial charge in [0.25, 0.3) is 5.69 Å². The van der Waals surface area contributed by atoms with Crippen molar-refractivity contribution in [3.05, 3.63) is 68.7 Å². The van der Waals surface area contributed by atoms with Crippen molar-refractivity contribution in [2.24, 2.45) is 0 Å². The van der Waals surface area contributed by atoms with E-state index in [9.17, 15) is 10.1 Å². The van der Waals surface area contributed by atoms with Crippen molar-refractivity contribution < 1.29 is 4.92 Å². The Morgan fingerprint density at radius 1 is 1.11 bits per heavy atom. The summed E-state index contributed by atoms with van der Waals surface area (Å²) in [7, 11) is 0. The molecule has 92 valence electrons. The Hall–Kier alpha value is -1.33. The molecule has 0 aliphatic heterocycles. The number of thioether (sulfide) groups is 1. The van der Waals surface area contributed by atoms with E-state index < -0.39 is 0 Å². The highest BCUT2D eigenvalue weighted by Crippen LogP contribution is 2.28. The maximum absolute atomic E-state index is 10.9. The smallest absolute Gasteiger partial charge is 0.258 e. The molecule has 2 aromatic rings. The Morgan fingerprint density at radius 2 is 1.78 bits per heavy atom. The third-order valence-electron chi connectivity index (χ3n) is 2.40. The molecule has 3 nitrogen and oxygen atoms in total. The highest BCUT2D eigenvalue weighted by molar-refractivity contribution is 9.10. The first-order chi connectivity index (χ1) is 8.66. The van der Waals surface area contributed by atoms with Gasteiger partial charge in [0, 0.05) is 26.8 Å². The van der Waals surface area contributed by atoms with E-state index in [4.69, 9.17) is 0 Å². The van der Waals surface area contributed by atoms with Gasteiger partial charge in [0.05, 0.1) is 4.92 Å². The molecule has 0 atom stereocenters. The van der Waals surface area contributed by atoms with E-state index >= 15 is 0 Å². The molecule has 2 rings (SSSR count). The largest absolute Gasteiger partial charge is 0.273 e. The van der Waals surface area contributed by atoms with Gasteiger partial charge in [-0.05, 0) is 24.3 Å². The van der Waals surface area contributed by atoms with E-state index in [0.717, 1.165) is 14.9 Å². The number of halogens is 1. The normalized spacial score (nSPS) is 10.3. The van der Waals surface area contributed by atoms with Crippen molar-refractivity contribution in [1.29, 1.82) is 0 Å². The van der Waals surface area contributed by atoms with Gasteiger partial charge in [-0.1, -0.05) is 34.1 Å². The topological polar surface area (TPSA) is 43.1 Å². The van der Waals surface area contributed by atoms with Crippen molar-refractivity contribution in [2.45, 2.75) is 10.6 Å². The predicted molar refractivity (Wildman–Crippen MR) is 76.8 cm³/mol. The number of nitro groups is 1. The molecular weight excluding hydrogens is 314 g/mol. The highest BCUT2D eigenvalue weighted by atomic mass is 79.9. The number of para-hydroxylation sites is 1. The second kappa shape index (κ2) is 6.02. The molecule has 0 aliphatic carbocycles. The van der Waals surface area contributed by atoms with E-state index in [2.05, 4.69) is 15.9 Å². The number of hydrogen-bond donors (Lipinski definition) is 0. The minimum absolute atomic E-state index is 0.183. The van der Waals surface area contributed by atoms with Crippen LogP contribution in [0.25, 0.3) is 0 Å². The van der Waals surface area contributed by atoms with Crippen molar-refractivity contribution >= 4 is 33.4 Å². The molecule has 0 amide bonds. The van der Waals surface area contributed by atoms with Gasteiger partial charge in [-0.2, -0.15) is 0 Å². The summed E-state index contributed by atoms with van der Waals surface area (Å²) in [5.74, 6) is 0.596. The summed E-state index contributed by atoms with van der Waals surface area (Å²) in [6.07, 6.45) is 0. The molecule has 18 heavy (non-hydrogen) atoms. The molecule has 0 aromatic heterocycles. The lowest BCUT2D eigenvalue weighted by Crippen LogP contribution is -1.93. The number of benzene rings is 2. The van der Waals surface area contributed by atoms with E-state index in [1.807, 2.05) is 30.3 Å². The minimum atomic E-state index is -0.336. The van der Waals surface area contributed by atoms with Crippen LogP contribution in [0.1, 0.15) is 5.56 Å². The van der Waals surface area contributed by atoms with E-state index in [1.165, 1.54) is 6.07 Å². The monoisotopic (exact) mass is 323 g/mol. The molecule has 0 saturated carbocycles. The Morgan fingerprint density at radius 3 is 2.44 bits per heavy atom. The summed E-state index contributed by atoms with van der Waals surface area (Å²) < 4.78 is 1.03. The van der Waals surface area contributed by atoms with Crippen LogP contribution < -0.4 is 0 Å². The van der Waals surface area contributed by atoms with Gasteiger partial charge in [0.1, 0.15) is 0 Å². The summed E-state index contributed by atoms with van der Waals surface area (Å²) in [5.41, 5.74) is 0.928. The summed E-state index contributed by atoms with van der Waals surface area (Å²) in [4.78, 5) is 11.6. The van der Waals surface area contributed by atoms with Crippen molar-refractivity contribution in [3.63, 3.8) is 0 Å². The lowest BCUT2D eigenvalue weighted by molar-refractivity contribution is -0.385. The number of nitrogens with zero attached hydrogens (tertiary/aromatic N) is 1. The van der Waals surface area contributed by atoms with Crippen LogP contribution >= 0.6 is 27.7 Å². The van der Waals surface area contributed by atoms with Crippen LogP contribution in [0.4, 0.5) is 5.69 Å². The van der Waals surface area contributed by atoms with E-state index in [-0.39, 0.29) is 10.6 Å². The number of rotatable bonds is 4. The third kappa shape index (κ3) is 3.34. The summed E-state index contributed by atoms with van der Waals surface area (Å²) >= 11 is 4.96. The van der Waals surface area contributed by atoms with Crippen LogP contribution in [0.2, 0.25) is 0 Å². The Kier molecular flexibility index (Phi) is 4.38. The fourth-order valence-electron chi connectivity index (χ4n) is 1.50. The van der Waals surface area contributed by atoms with E-state index in [0.29, 0.717) is 5.75 Å². The standard InChI is InChI=1S/C13H10BrNO2S/c14-11-5-7-12(8-6-11)18-9-10-3-1-2-4-13(10)15(16)17/h1-8H,9H2. The SMILES string of the molecule is O=[N+]([O-])c1ccccc1CSc1ccc(Br)cc1. The van der Waals surface area contributed by atoms with Gasteiger partial charge in [0.2, 0.25) is 0 Å². The zero-order chi connectivity index (χ0) is 13.0. The summed E-state index contributed by atoms with van der Waals surface area (Å²) in [6.45, 7) is 0. The van der Waals surface area contributed by atoms with Gasteiger partial charge in [-0.25, -0.2) is 0 Å². The van der Waals surface area contributed by atoms with E-state index in [1.54, 1.807) is 23.9 Å². The molecule has 0 unspecified atom stereocenters. The quantitative estimate of drug-likeness (QED) is 0.467. The first-order valence-corrected chi connectivity index (χ1v) is 7.05. The highest BCUT2D eigenvalue weighted by Gasteiger charge is 2.11. The Labute approximate surface area is 117 Å². The van der Waals surface area contributed by atoms with Crippen LogP contribution in [-0.2, 0) is 5.75 Å². The number of nitro benzene ring substituents is 1. The average molecular weight is 324 g/mol. The maximum atomic E-state index is 10.9. The minimum Gasteiger partial charge on any atom is -0.258 e. The first kappa shape index (κ1) is 13.1. The maximum Gasteiger partial charge on any atom is 0.273 e. The summed E-state index contributed by atoms with van der Waals surface area (Å²) in [5, 5.41) is 10.9. The fourth-order valence-corrected chi connectivity index (χ4v) is 2.66. The Bertz CT molecular complexity index is 557. The van der Waals surface area contributed by atoms with Crippen LogP contribution in [0, 0.1) is 10.1 Å². The molecule has 0 radical (unpaired) electrons. The van der Waals surface area contributed by atoms with Crippen LogP contribution in [0.5, 0.6) is 0 Å². The molecule has 5 heteroatoms. The lowest BCUT2D eigenvalue weighted by Gasteiger charge is -2.03. The van der Waals surface area contributed by atoms with Gasteiger partial charge in [-0.15, -0.1) is 11.8 Å². The van der Waals surface area contributed by atoms with Crippen LogP contribution in [0.15, 0.2) is 57.9 Å². The lowest BCUT2D eigenvalue weighted by atomic mass is 10.2. The predicted octanol–water partition coefficient (Wildman–Crippen LogP) is 4.65. The average Bonchev–Trinajstić information content (AvgIpc) is 2.38. The Balaban J connectivity index is 2.10. The molecule has 0 saturated heterocycles. The molecule has 0 fully saturated rings. The molecule has 0 aliphatic rings. The molecule has 0 bridgehead atoms. The zero-order valence-electron chi connectivity index (χ0n) is 9.38. The second-order valence-corrected chi connectivity index (χ2v) is 5.59. The molecular formula is C13H10BrNO2S.